The Morgan fingerprint density at radius 2 is 2.20 bits per heavy atom. The highest BCUT2D eigenvalue weighted by molar-refractivity contribution is 5.63. The molecule has 0 unspecified atom stereocenters. The summed E-state index contributed by atoms with van der Waals surface area (Å²) in [6.07, 6.45) is 0. The molecular weight excluding hydrogens is 198 g/mol. The maximum absolute atomic E-state index is 10.5. The summed E-state index contributed by atoms with van der Waals surface area (Å²) < 4.78 is 4.68. The average Bonchev–Trinajstić information content (AvgIpc) is 2.65. The van der Waals surface area contributed by atoms with Gasteiger partial charge in [-0.15, -0.1) is 0 Å². The predicted octanol–water partition coefficient (Wildman–Crippen LogP) is 1.83. The van der Waals surface area contributed by atoms with Crippen molar-refractivity contribution in [2.45, 2.75) is 0 Å². The normalized spacial score (nSPS) is 10.1. The molecule has 0 bridgehead atoms. The van der Waals surface area contributed by atoms with E-state index < -0.39 is 4.92 Å². The van der Waals surface area contributed by atoms with Crippen molar-refractivity contribution in [1.82, 2.24) is 5.16 Å². The number of nitro groups is 1. The minimum Gasteiger partial charge on any atom is -0.368 e. The Labute approximate surface area is 84.4 Å². The van der Waals surface area contributed by atoms with Crippen LogP contribution in [-0.4, -0.2) is 10.1 Å². The lowest BCUT2D eigenvalue weighted by molar-refractivity contribution is -0.384. The third-order valence-electron chi connectivity index (χ3n) is 1.88. The van der Waals surface area contributed by atoms with Crippen LogP contribution in [0.2, 0.25) is 0 Å². The monoisotopic (exact) mass is 205 g/mol. The van der Waals surface area contributed by atoms with Crippen LogP contribution in [0, 0.1) is 10.1 Å². The SMILES string of the molecule is Nc1cc(-c2cccc([N+](=O)[O-])c2)no1. The molecule has 0 saturated heterocycles. The van der Waals surface area contributed by atoms with Crippen molar-refractivity contribution >= 4 is 11.6 Å². The molecule has 0 aliphatic rings. The predicted molar refractivity (Wildman–Crippen MR) is 53.0 cm³/mol. The standard InChI is InChI=1S/C9H7N3O3/c10-9-5-8(11-15-9)6-2-1-3-7(4-6)12(13)14/h1-5H,10H2. The number of nitrogens with two attached hydrogens (primary N) is 1. The highest BCUT2D eigenvalue weighted by Crippen LogP contribution is 2.23. The molecule has 0 spiro atoms. The number of nitrogens with zero attached hydrogens (tertiary/aromatic N) is 2. The Balaban J connectivity index is 2.45. The first-order valence-corrected chi connectivity index (χ1v) is 4.14. The lowest BCUT2D eigenvalue weighted by Crippen LogP contribution is -1.87. The van der Waals surface area contributed by atoms with E-state index in [1.165, 1.54) is 18.2 Å². The summed E-state index contributed by atoms with van der Waals surface area (Å²) >= 11 is 0. The van der Waals surface area contributed by atoms with E-state index in [2.05, 4.69) is 9.68 Å². The van der Waals surface area contributed by atoms with Crippen molar-refractivity contribution in [3.05, 3.63) is 40.4 Å². The molecule has 1 aromatic heterocycles. The van der Waals surface area contributed by atoms with Gasteiger partial charge in [0.2, 0.25) is 5.88 Å². The van der Waals surface area contributed by atoms with Crippen molar-refractivity contribution in [3.63, 3.8) is 0 Å². The van der Waals surface area contributed by atoms with Crippen molar-refractivity contribution < 1.29 is 9.45 Å². The van der Waals surface area contributed by atoms with E-state index in [0.29, 0.717) is 11.3 Å². The molecule has 6 heteroatoms. The molecule has 0 fully saturated rings. The Kier molecular flexibility index (Phi) is 2.09. The van der Waals surface area contributed by atoms with Gasteiger partial charge >= 0.3 is 0 Å². The summed E-state index contributed by atoms with van der Waals surface area (Å²) in [5.74, 6) is 0.177. The molecule has 2 aromatic rings. The molecule has 0 atom stereocenters. The Bertz CT molecular complexity index is 507. The molecule has 1 aromatic carbocycles. The zero-order valence-electron chi connectivity index (χ0n) is 7.58. The van der Waals surface area contributed by atoms with Gasteiger partial charge in [-0.2, -0.15) is 0 Å². The topological polar surface area (TPSA) is 95.2 Å². The van der Waals surface area contributed by atoms with Crippen LogP contribution in [0.5, 0.6) is 0 Å². The largest absolute Gasteiger partial charge is 0.368 e. The fraction of sp³-hybridized carbons (Fsp3) is 0. The number of benzene rings is 1. The van der Waals surface area contributed by atoms with Crippen LogP contribution in [0.1, 0.15) is 0 Å². The zero-order valence-corrected chi connectivity index (χ0v) is 7.58. The van der Waals surface area contributed by atoms with Crippen molar-refractivity contribution in [1.29, 1.82) is 0 Å². The highest BCUT2D eigenvalue weighted by atomic mass is 16.6. The van der Waals surface area contributed by atoms with Crippen LogP contribution in [0.4, 0.5) is 11.6 Å². The fourth-order valence-electron chi connectivity index (χ4n) is 1.20. The molecule has 2 N–H and O–H groups in total. The first-order valence-electron chi connectivity index (χ1n) is 4.14. The Morgan fingerprint density at radius 3 is 2.80 bits per heavy atom. The summed E-state index contributed by atoms with van der Waals surface area (Å²) in [5.41, 5.74) is 6.44. The summed E-state index contributed by atoms with van der Waals surface area (Å²) in [6, 6.07) is 7.62. The second kappa shape index (κ2) is 3.41. The van der Waals surface area contributed by atoms with Gasteiger partial charge in [-0.05, 0) is 0 Å². The molecule has 15 heavy (non-hydrogen) atoms. The number of rotatable bonds is 2. The first-order chi connectivity index (χ1) is 7.16. The smallest absolute Gasteiger partial charge is 0.270 e. The molecule has 76 valence electrons. The third-order valence-corrected chi connectivity index (χ3v) is 1.88. The summed E-state index contributed by atoms with van der Waals surface area (Å²) in [7, 11) is 0. The second-order valence-corrected chi connectivity index (χ2v) is 2.92. The lowest BCUT2D eigenvalue weighted by Gasteiger charge is -1.94. The van der Waals surface area contributed by atoms with Gasteiger partial charge in [-0.25, -0.2) is 0 Å². The van der Waals surface area contributed by atoms with E-state index in [-0.39, 0.29) is 11.6 Å². The molecule has 0 saturated carbocycles. The number of nitro benzene ring substituents is 1. The number of hydrogen-bond acceptors (Lipinski definition) is 5. The highest BCUT2D eigenvalue weighted by Gasteiger charge is 2.09. The molecular formula is C9H7N3O3. The van der Waals surface area contributed by atoms with Crippen LogP contribution in [0.3, 0.4) is 0 Å². The molecule has 2 rings (SSSR count). The summed E-state index contributed by atoms with van der Waals surface area (Å²) in [6.45, 7) is 0. The quantitative estimate of drug-likeness (QED) is 0.596. The van der Waals surface area contributed by atoms with E-state index >= 15 is 0 Å². The van der Waals surface area contributed by atoms with Crippen LogP contribution in [0.25, 0.3) is 11.3 Å². The van der Waals surface area contributed by atoms with Gasteiger partial charge in [-0.1, -0.05) is 17.3 Å². The number of non-ortho nitro benzene ring substituents is 1. The third kappa shape index (κ3) is 1.78. The summed E-state index contributed by atoms with van der Waals surface area (Å²) in [4.78, 5) is 10.1. The molecule has 6 nitrogen and oxygen atoms in total. The molecule has 0 amide bonds. The summed E-state index contributed by atoms with van der Waals surface area (Å²) in [5, 5.41) is 14.2. The van der Waals surface area contributed by atoms with Gasteiger partial charge in [0.25, 0.3) is 5.69 Å². The fourth-order valence-corrected chi connectivity index (χ4v) is 1.20. The van der Waals surface area contributed by atoms with Crippen molar-refractivity contribution in [3.8, 4) is 11.3 Å². The van der Waals surface area contributed by atoms with E-state index in [1.807, 2.05) is 0 Å². The van der Waals surface area contributed by atoms with Crippen LogP contribution in [0.15, 0.2) is 34.9 Å². The second-order valence-electron chi connectivity index (χ2n) is 2.92. The maximum Gasteiger partial charge on any atom is 0.270 e. The van der Waals surface area contributed by atoms with Crippen LogP contribution < -0.4 is 5.73 Å². The van der Waals surface area contributed by atoms with E-state index in [0.717, 1.165) is 0 Å². The Hall–Kier alpha value is -2.37. The van der Waals surface area contributed by atoms with E-state index in [9.17, 15) is 10.1 Å². The van der Waals surface area contributed by atoms with Gasteiger partial charge < -0.3 is 10.3 Å². The molecule has 1 heterocycles. The van der Waals surface area contributed by atoms with E-state index in [4.69, 9.17) is 5.73 Å². The van der Waals surface area contributed by atoms with E-state index in [1.54, 1.807) is 12.1 Å². The Morgan fingerprint density at radius 1 is 1.40 bits per heavy atom. The van der Waals surface area contributed by atoms with Crippen LogP contribution >= 0.6 is 0 Å². The van der Waals surface area contributed by atoms with Gasteiger partial charge in [0.05, 0.1) is 4.92 Å². The number of anilines is 1. The van der Waals surface area contributed by atoms with Crippen LogP contribution in [-0.2, 0) is 0 Å². The number of aromatic nitrogens is 1. The molecule has 0 radical (unpaired) electrons. The van der Waals surface area contributed by atoms with Gasteiger partial charge in [-0.3, -0.25) is 10.1 Å². The van der Waals surface area contributed by atoms with Crippen molar-refractivity contribution in [2.75, 3.05) is 5.73 Å². The number of nitrogen functional groups attached to an aromatic ring is 1. The van der Waals surface area contributed by atoms with Gasteiger partial charge in [0, 0.05) is 23.8 Å². The van der Waals surface area contributed by atoms with Gasteiger partial charge in [0.15, 0.2) is 0 Å². The van der Waals surface area contributed by atoms with Gasteiger partial charge in [0.1, 0.15) is 5.69 Å². The lowest BCUT2D eigenvalue weighted by atomic mass is 10.1. The minimum atomic E-state index is -0.465. The molecule has 0 aliphatic carbocycles. The molecule has 0 aliphatic heterocycles. The number of hydrogen-bond donors (Lipinski definition) is 1. The minimum absolute atomic E-state index is 0.00840. The van der Waals surface area contributed by atoms with Crippen molar-refractivity contribution in [2.24, 2.45) is 0 Å². The zero-order chi connectivity index (χ0) is 10.8. The first kappa shape index (κ1) is 9.20. The maximum atomic E-state index is 10.5. The average molecular weight is 205 g/mol.